The maximum Gasteiger partial charge on any atom is 0.135 e. The van der Waals surface area contributed by atoms with E-state index in [0.29, 0.717) is 11.7 Å². The molecule has 0 bridgehead atoms. The molecule has 16 heavy (non-hydrogen) atoms. The molecule has 92 valence electrons. The molecule has 2 nitrogen and oxygen atoms in total. The molecule has 0 aromatic heterocycles. The molecule has 0 radical (unpaired) electrons. The van der Waals surface area contributed by atoms with E-state index >= 15 is 0 Å². The Labute approximate surface area is 98.7 Å². The lowest BCUT2D eigenvalue weighted by atomic mass is 9.81. The number of ketones is 1. The van der Waals surface area contributed by atoms with Gasteiger partial charge in [0.15, 0.2) is 0 Å². The Kier molecular flexibility index (Phi) is 3.68. The van der Waals surface area contributed by atoms with Crippen molar-refractivity contribution in [2.45, 2.75) is 64.4 Å². The van der Waals surface area contributed by atoms with E-state index in [1.54, 1.807) is 0 Å². The Morgan fingerprint density at radius 2 is 2.06 bits per heavy atom. The van der Waals surface area contributed by atoms with E-state index in [2.05, 4.69) is 0 Å². The lowest BCUT2D eigenvalue weighted by Crippen LogP contribution is -2.38. The van der Waals surface area contributed by atoms with Crippen LogP contribution in [0.5, 0.6) is 0 Å². The summed E-state index contributed by atoms with van der Waals surface area (Å²) in [5, 5.41) is 0. The van der Waals surface area contributed by atoms with Gasteiger partial charge in [-0.3, -0.25) is 4.79 Å². The van der Waals surface area contributed by atoms with Crippen LogP contribution in [-0.4, -0.2) is 18.0 Å². The van der Waals surface area contributed by atoms with E-state index in [0.717, 1.165) is 25.9 Å². The second kappa shape index (κ2) is 4.87. The van der Waals surface area contributed by atoms with Crippen LogP contribution in [0.1, 0.15) is 58.8 Å². The SMILES string of the molecule is CC(C)C(=O)CC1CCOC2(CCCC2)C1. The van der Waals surface area contributed by atoms with Crippen LogP contribution < -0.4 is 0 Å². The first-order valence-corrected chi connectivity index (χ1v) is 6.78. The van der Waals surface area contributed by atoms with Crippen LogP contribution in [0.25, 0.3) is 0 Å². The zero-order chi connectivity index (χ0) is 11.6. The highest BCUT2D eigenvalue weighted by Crippen LogP contribution is 2.42. The van der Waals surface area contributed by atoms with Crippen LogP contribution in [-0.2, 0) is 9.53 Å². The van der Waals surface area contributed by atoms with Gasteiger partial charge >= 0.3 is 0 Å². The van der Waals surface area contributed by atoms with Gasteiger partial charge in [0, 0.05) is 18.9 Å². The zero-order valence-electron chi connectivity index (χ0n) is 10.6. The van der Waals surface area contributed by atoms with Crippen LogP contribution in [0.2, 0.25) is 0 Å². The molecule has 2 heteroatoms. The highest BCUT2D eigenvalue weighted by Gasteiger charge is 2.40. The van der Waals surface area contributed by atoms with E-state index < -0.39 is 0 Å². The van der Waals surface area contributed by atoms with Gasteiger partial charge in [-0.25, -0.2) is 0 Å². The minimum absolute atomic E-state index is 0.167. The third kappa shape index (κ3) is 2.65. The molecule has 2 aliphatic rings. The van der Waals surface area contributed by atoms with Gasteiger partial charge in [-0.1, -0.05) is 26.7 Å². The van der Waals surface area contributed by atoms with Gasteiger partial charge in [-0.05, 0) is 31.6 Å². The highest BCUT2D eigenvalue weighted by molar-refractivity contribution is 5.80. The third-order valence-electron chi connectivity index (χ3n) is 4.24. The largest absolute Gasteiger partial charge is 0.375 e. The summed E-state index contributed by atoms with van der Waals surface area (Å²) < 4.78 is 5.99. The van der Waals surface area contributed by atoms with E-state index in [-0.39, 0.29) is 11.5 Å². The molecule has 1 unspecified atom stereocenters. The molecular formula is C14H24O2. The number of ether oxygens (including phenoxy) is 1. The first-order chi connectivity index (χ1) is 7.61. The maximum atomic E-state index is 11.8. The van der Waals surface area contributed by atoms with Crippen molar-refractivity contribution in [1.29, 1.82) is 0 Å². The van der Waals surface area contributed by atoms with Gasteiger partial charge in [0.2, 0.25) is 0 Å². The zero-order valence-corrected chi connectivity index (χ0v) is 10.6. The van der Waals surface area contributed by atoms with Crippen LogP contribution in [0.15, 0.2) is 0 Å². The van der Waals surface area contributed by atoms with Crippen molar-refractivity contribution in [2.24, 2.45) is 11.8 Å². The summed E-state index contributed by atoms with van der Waals surface area (Å²) in [6.45, 7) is 4.88. The van der Waals surface area contributed by atoms with Crippen molar-refractivity contribution in [3.63, 3.8) is 0 Å². The standard InChI is InChI=1S/C14H24O2/c1-11(2)13(15)9-12-5-8-16-14(10-12)6-3-4-7-14/h11-12H,3-10H2,1-2H3. The Hall–Kier alpha value is -0.370. The summed E-state index contributed by atoms with van der Waals surface area (Å²) >= 11 is 0. The first-order valence-electron chi connectivity index (χ1n) is 6.78. The molecule has 0 amide bonds. The number of carbonyl (C=O) groups is 1. The molecule has 1 saturated carbocycles. The predicted octanol–water partition coefficient (Wildman–Crippen LogP) is 3.34. The number of carbonyl (C=O) groups excluding carboxylic acids is 1. The average Bonchev–Trinajstić information content (AvgIpc) is 2.66. The van der Waals surface area contributed by atoms with Crippen LogP contribution in [0.3, 0.4) is 0 Å². The van der Waals surface area contributed by atoms with Gasteiger partial charge < -0.3 is 4.74 Å². The molecule has 0 aromatic carbocycles. The van der Waals surface area contributed by atoms with E-state index in [1.807, 2.05) is 13.8 Å². The number of hydrogen-bond acceptors (Lipinski definition) is 2. The van der Waals surface area contributed by atoms with Crippen molar-refractivity contribution < 1.29 is 9.53 Å². The quantitative estimate of drug-likeness (QED) is 0.735. The summed E-state index contributed by atoms with van der Waals surface area (Å²) in [6.07, 6.45) is 8.06. The summed E-state index contributed by atoms with van der Waals surface area (Å²) in [6, 6.07) is 0. The second-order valence-corrected chi connectivity index (χ2v) is 5.92. The molecule has 1 saturated heterocycles. The molecule has 1 heterocycles. The fourth-order valence-electron chi connectivity index (χ4n) is 3.19. The van der Waals surface area contributed by atoms with Crippen LogP contribution >= 0.6 is 0 Å². The molecule has 1 aliphatic heterocycles. The minimum atomic E-state index is 0.167. The van der Waals surface area contributed by atoms with Gasteiger partial charge in [-0.15, -0.1) is 0 Å². The van der Waals surface area contributed by atoms with Crippen LogP contribution in [0, 0.1) is 11.8 Å². The maximum absolute atomic E-state index is 11.8. The van der Waals surface area contributed by atoms with Crippen molar-refractivity contribution in [3.8, 4) is 0 Å². The smallest absolute Gasteiger partial charge is 0.135 e. The Morgan fingerprint density at radius 3 is 2.69 bits per heavy atom. The lowest BCUT2D eigenvalue weighted by Gasteiger charge is -2.38. The third-order valence-corrected chi connectivity index (χ3v) is 4.24. The van der Waals surface area contributed by atoms with Crippen molar-refractivity contribution in [2.75, 3.05) is 6.61 Å². The monoisotopic (exact) mass is 224 g/mol. The minimum Gasteiger partial charge on any atom is -0.375 e. The Bertz CT molecular complexity index is 251. The normalized spacial score (nSPS) is 28.8. The molecule has 0 aromatic rings. The Balaban J connectivity index is 1.89. The van der Waals surface area contributed by atoms with E-state index in [1.165, 1.54) is 25.7 Å². The number of Topliss-reactive ketones (excluding diaryl/α,β-unsaturated/α-hetero) is 1. The molecule has 1 atom stereocenters. The van der Waals surface area contributed by atoms with Gasteiger partial charge in [0.25, 0.3) is 0 Å². The fourth-order valence-corrected chi connectivity index (χ4v) is 3.19. The molecule has 1 aliphatic carbocycles. The first kappa shape index (κ1) is 12.1. The van der Waals surface area contributed by atoms with Crippen LogP contribution in [0.4, 0.5) is 0 Å². The second-order valence-electron chi connectivity index (χ2n) is 5.92. The van der Waals surface area contributed by atoms with Crippen molar-refractivity contribution in [3.05, 3.63) is 0 Å². The van der Waals surface area contributed by atoms with Gasteiger partial charge in [0.1, 0.15) is 5.78 Å². The van der Waals surface area contributed by atoms with Crippen molar-refractivity contribution >= 4 is 5.78 Å². The van der Waals surface area contributed by atoms with Gasteiger partial charge in [0.05, 0.1) is 5.60 Å². The summed E-state index contributed by atoms with van der Waals surface area (Å²) in [5.74, 6) is 1.21. The molecule has 2 rings (SSSR count). The summed E-state index contributed by atoms with van der Waals surface area (Å²) in [7, 11) is 0. The molecular weight excluding hydrogens is 200 g/mol. The Morgan fingerprint density at radius 1 is 1.38 bits per heavy atom. The molecule has 2 fully saturated rings. The van der Waals surface area contributed by atoms with Gasteiger partial charge in [-0.2, -0.15) is 0 Å². The highest BCUT2D eigenvalue weighted by atomic mass is 16.5. The molecule has 0 N–H and O–H groups in total. The molecule has 1 spiro atoms. The number of rotatable bonds is 3. The number of hydrogen-bond donors (Lipinski definition) is 0. The van der Waals surface area contributed by atoms with E-state index in [9.17, 15) is 4.79 Å². The fraction of sp³-hybridized carbons (Fsp3) is 0.929. The van der Waals surface area contributed by atoms with Crippen molar-refractivity contribution in [1.82, 2.24) is 0 Å². The summed E-state index contributed by atoms with van der Waals surface area (Å²) in [5.41, 5.74) is 0.167. The average molecular weight is 224 g/mol. The topological polar surface area (TPSA) is 26.3 Å². The van der Waals surface area contributed by atoms with E-state index in [4.69, 9.17) is 4.74 Å². The lowest BCUT2D eigenvalue weighted by molar-refractivity contribution is -0.127. The summed E-state index contributed by atoms with van der Waals surface area (Å²) in [4.78, 5) is 11.8. The predicted molar refractivity (Wildman–Crippen MR) is 64.3 cm³/mol.